The number of hydrogen-bond acceptors (Lipinski definition) is 7. The van der Waals surface area contributed by atoms with Crippen LogP contribution in [0.4, 0.5) is 11.4 Å². The Hall–Kier alpha value is -3.50. The van der Waals surface area contributed by atoms with E-state index in [4.69, 9.17) is 25.7 Å². The Morgan fingerprint density at radius 3 is 2.15 bits per heavy atom. The van der Waals surface area contributed by atoms with Crippen molar-refractivity contribution < 1.29 is 23.8 Å². The van der Waals surface area contributed by atoms with Crippen LogP contribution in [-0.4, -0.2) is 52.3 Å². The zero-order valence-corrected chi connectivity index (χ0v) is 24.6. The molecule has 2 amide bonds. The summed E-state index contributed by atoms with van der Waals surface area (Å²) in [5, 5.41) is 2.86. The van der Waals surface area contributed by atoms with Crippen LogP contribution in [0.3, 0.4) is 0 Å². The second kappa shape index (κ2) is 17.2. The number of halogens is 2. The summed E-state index contributed by atoms with van der Waals surface area (Å²) in [6.07, 6.45) is 1.39. The lowest BCUT2D eigenvalue weighted by molar-refractivity contribution is 0.0990. The van der Waals surface area contributed by atoms with Gasteiger partial charge in [0, 0.05) is 12.6 Å². The molecule has 0 aromatic heterocycles. The van der Waals surface area contributed by atoms with E-state index in [1.165, 1.54) is 12.0 Å². The second-order valence-corrected chi connectivity index (χ2v) is 8.68. The molecular weight excluding hydrogens is 555 g/mol. The van der Waals surface area contributed by atoms with Crippen LogP contribution in [0.15, 0.2) is 60.7 Å². The summed E-state index contributed by atoms with van der Waals surface area (Å²) >= 11 is 0. The van der Waals surface area contributed by atoms with Crippen molar-refractivity contribution >= 4 is 48.0 Å². The predicted octanol–water partition coefficient (Wildman–Crippen LogP) is 4.83. The normalized spacial score (nSPS) is 10.0. The summed E-state index contributed by atoms with van der Waals surface area (Å²) in [7, 11) is 3.17. The lowest BCUT2D eigenvalue weighted by Crippen LogP contribution is -2.27. The third kappa shape index (κ3) is 9.02. The van der Waals surface area contributed by atoms with Crippen molar-refractivity contribution in [1.82, 2.24) is 0 Å². The Bertz CT molecular complexity index is 1260. The molecule has 0 fully saturated rings. The van der Waals surface area contributed by atoms with Crippen LogP contribution in [0.2, 0.25) is 0 Å². The minimum Gasteiger partial charge on any atom is -0.495 e. The Labute approximate surface area is 248 Å². The van der Waals surface area contributed by atoms with Gasteiger partial charge in [-0.05, 0) is 80.9 Å². The molecular formula is C29H38Cl2N4O5. The molecule has 0 bridgehead atoms. The van der Waals surface area contributed by atoms with Crippen LogP contribution >= 0.6 is 24.8 Å². The predicted molar refractivity (Wildman–Crippen MR) is 164 cm³/mol. The van der Waals surface area contributed by atoms with Gasteiger partial charge in [-0.3, -0.25) is 9.59 Å². The number of carbonyl (C=O) groups excluding carboxylic acids is 2. The van der Waals surface area contributed by atoms with Crippen molar-refractivity contribution in [2.75, 3.05) is 50.7 Å². The van der Waals surface area contributed by atoms with Gasteiger partial charge in [0.25, 0.3) is 11.8 Å². The molecule has 0 radical (unpaired) electrons. The van der Waals surface area contributed by atoms with E-state index in [0.29, 0.717) is 78.9 Å². The van der Waals surface area contributed by atoms with Crippen molar-refractivity contribution in [1.29, 1.82) is 0 Å². The Kier molecular flexibility index (Phi) is 14.9. The number of carbonyl (C=O) groups is 2. The molecule has 3 aromatic rings. The summed E-state index contributed by atoms with van der Waals surface area (Å²) in [6, 6.07) is 17.5. The Morgan fingerprint density at radius 1 is 0.850 bits per heavy atom. The molecule has 218 valence electrons. The summed E-state index contributed by atoms with van der Waals surface area (Å²) in [6.45, 7) is 3.85. The van der Waals surface area contributed by atoms with E-state index in [0.717, 1.165) is 5.56 Å². The lowest BCUT2D eigenvalue weighted by Gasteiger charge is -2.22. The van der Waals surface area contributed by atoms with Crippen molar-refractivity contribution in [3.63, 3.8) is 0 Å². The number of anilines is 2. The first-order chi connectivity index (χ1) is 18.4. The van der Waals surface area contributed by atoms with E-state index >= 15 is 0 Å². The van der Waals surface area contributed by atoms with E-state index < -0.39 is 0 Å². The molecule has 11 heteroatoms. The van der Waals surface area contributed by atoms with Crippen LogP contribution < -0.4 is 35.9 Å². The maximum absolute atomic E-state index is 13.4. The van der Waals surface area contributed by atoms with Crippen molar-refractivity contribution in [2.24, 2.45) is 11.5 Å². The topological polar surface area (TPSA) is 129 Å². The van der Waals surface area contributed by atoms with Gasteiger partial charge in [0.1, 0.15) is 17.2 Å². The number of aryl methyl sites for hydroxylation is 1. The molecule has 3 rings (SSSR count). The third-order valence-corrected chi connectivity index (χ3v) is 5.82. The molecule has 0 saturated heterocycles. The monoisotopic (exact) mass is 592 g/mol. The number of hydrogen-bond donors (Lipinski definition) is 3. The van der Waals surface area contributed by atoms with Crippen LogP contribution in [0.5, 0.6) is 17.2 Å². The van der Waals surface area contributed by atoms with Gasteiger partial charge in [-0.15, -0.1) is 24.8 Å². The Balaban J connectivity index is 0.00000400. The first-order valence-corrected chi connectivity index (χ1v) is 12.5. The van der Waals surface area contributed by atoms with E-state index in [-0.39, 0.29) is 36.6 Å². The van der Waals surface area contributed by atoms with Crippen LogP contribution in [0.25, 0.3) is 0 Å². The molecule has 0 heterocycles. The van der Waals surface area contributed by atoms with Gasteiger partial charge in [0.05, 0.1) is 37.3 Å². The second-order valence-electron chi connectivity index (χ2n) is 8.68. The largest absolute Gasteiger partial charge is 0.495 e. The molecule has 0 unspecified atom stereocenters. The number of nitrogens with zero attached hydrogens (tertiary/aromatic N) is 1. The van der Waals surface area contributed by atoms with E-state index in [1.54, 1.807) is 49.5 Å². The lowest BCUT2D eigenvalue weighted by atomic mass is 10.1. The maximum atomic E-state index is 13.4. The summed E-state index contributed by atoms with van der Waals surface area (Å²) in [5.74, 6) is 0.808. The highest BCUT2D eigenvalue weighted by molar-refractivity contribution is 6.09. The molecule has 5 N–H and O–H groups in total. The molecule has 40 heavy (non-hydrogen) atoms. The molecule has 0 saturated carbocycles. The number of methoxy groups -OCH3 is 1. The number of amides is 2. The minimum absolute atomic E-state index is 0. The fourth-order valence-electron chi connectivity index (χ4n) is 3.75. The quantitative estimate of drug-likeness (QED) is 0.242. The van der Waals surface area contributed by atoms with E-state index in [2.05, 4.69) is 5.32 Å². The van der Waals surface area contributed by atoms with Gasteiger partial charge in [-0.2, -0.15) is 0 Å². The zero-order chi connectivity index (χ0) is 27.5. The van der Waals surface area contributed by atoms with Gasteiger partial charge < -0.3 is 35.9 Å². The fourth-order valence-corrected chi connectivity index (χ4v) is 3.75. The first-order valence-electron chi connectivity index (χ1n) is 12.5. The van der Waals surface area contributed by atoms with Gasteiger partial charge in [-0.25, -0.2) is 0 Å². The molecule has 3 aromatic carbocycles. The van der Waals surface area contributed by atoms with E-state index in [1.807, 2.05) is 25.1 Å². The summed E-state index contributed by atoms with van der Waals surface area (Å²) < 4.78 is 17.1. The maximum Gasteiger partial charge on any atom is 0.259 e. The molecule has 0 atom stereocenters. The number of para-hydroxylation sites is 1. The van der Waals surface area contributed by atoms with E-state index in [9.17, 15) is 9.59 Å². The SMILES string of the molecule is COc1cc(C(=O)N(C)c2ccc(C)cc2OCCCN)ccc1NC(=O)c1ccccc1OCCCN.Cl.Cl. The zero-order valence-electron chi connectivity index (χ0n) is 23.0. The minimum atomic E-state index is -0.359. The number of nitrogens with one attached hydrogen (secondary N) is 1. The first kappa shape index (κ1) is 34.5. The van der Waals surface area contributed by atoms with Crippen LogP contribution in [0.1, 0.15) is 39.1 Å². The Morgan fingerprint density at radius 2 is 1.50 bits per heavy atom. The summed E-state index contributed by atoms with van der Waals surface area (Å²) in [5.41, 5.74) is 14.0. The van der Waals surface area contributed by atoms with Crippen molar-refractivity contribution in [2.45, 2.75) is 19.8 Å². The van der Waals surface area contributed by atoms with Gasteiger partial charge in [0.15, 0.2) is 0 Å². The highest BCUT2D eigenvalue weighted by Gasteiger charge is 2.20. The van der Waals surface area contributed by atoms with Gasteiger partial charge in [0.2, 0.25) is 0 Å². The summed E-state index contributed by atoms with van der Waals surface area (Å²) in [4.78, 5) is 28.0. The molecule has 0 aliphatic carbocycles. The molecule has 0 spiro atoms. The van der Waals surface area contributed by atoms with Crippen molar-refractivity contribution in [3.05, 3.63) is 77.4 Å². The number of ether oxygens (including phenoxy) is 3. The van der Waals surface area contributed by atoms with Crippen LogP contribution in [-0.2, 0) is 0 Å². The van der Waals surface area contributed by atoms with Crippen LogP contribution in [0, 0.1) is 6.92 Å². The molecule has 9 nitrogen and oxygen atoms in total. The highest BCUT2D eigenvalue weighted by Crippen LogP contribution is 2.32. The molecule has 0 aliphatic heterocycles. The fraction of sp³-hybridized carbons (Fsp3) is 0.310. The van der Waals surface area contributed by atoms with Gasteiger partial charge in [-0.1, -0.05) is 18.2 Å². The van der Waals surface area contributed by atoms with Gasteiger partial charge >= 0.3 is 0 Å². The standard InChI is InChI=1S/C29H36N4O5.2ClH/c1-20-10-13-24(27(18-20)38-17-7-15-31)33(2)29(35)21-11-12-23(26(19-21)36-3)32-28(34)22-8-4-5-9-25(22)37-16-6-14-30;;/h4-5,8-13,18-19H,6-7,14-17,30-31H2,1-3H3,(H,32,34);2*1H. The van der Waals surface area contributed by atoms with Crippen molar-refractivity contribution in [3.8, 4) is 17.2 Å². The average Bonchev–Trinajstić information content (AvgIpc) is 2.93. The number of benzene rings is 3. The highest BCUT2D eigenvalue weighted by atomic mass is 35.5. The molecule has 0 aliphatic rings. The third-order valence-electron chi connectivity index (χ3n) is 5.82. The number of rotatable bonds is 13. The average molecular weight is 594 g/mol. The number of nitrogens with two attached hydrogens (primary N) is 2. The smallest absolute Gasteiger partial charge is 0.259 e.